The molecule has 0 unspecified atom stereocenters. The molecule has 2 atom stereocenters. The van der Waals surface area contributed by atoms with Crippen molar-refractivity contribution >= 4 is 15.5 Å². The third-order valence-electron chi connectivity index (χ3n) is 4.10. The van der Waals surface area contributed by atoms with Crippen molar-refractivity contribution in [3.05, 3.63) is 24.3 Å². The molecule has 1 saturated carbocycles. The molecule has 0 amide bonds. The Morgan fingerprint density at radius 3 is 2.75 bits per heavy atom. The maximum atomic E-state index is 12.1. The van der Waals surface area contributed by atoms with Crippen LogP contribution in [0, 0.1) is 5.92 Å². The van der Waals surface area contributed by atoms with Crippen LogP contribution in [-0.2, 0) is 9.84 Å². The monoisotopic (exact) mass is 297 g/mol. The highest BCUT2D eigenvalue weighted by Crippen LogP contribution is 2.32. The second-order valence-corrected chi connectivity index (χ2v) is 7.60. The van der Waals surface area contributed by atoms with Crippen molar-refractivity contribution in [2.24, 2.45) is 5.92 Å². The molecule has 1 aromatic rings. The lowest BCUT2D eigenvalue weighted by Gasteiger charge is -2.23. The molecule has 4 nitrogen and oxygen atoms in total. The molecular formula is C15H23NO3S. The van der Waals surface area contributed by atoms with Crippen LogP contribution in [0.25, 0.3) is 0 Å². The normalized spacial score (nSPS) is 22.9. The lowest BCUT2D eigenvalue weighted by atomic mass is 10.00. The summed E-state index contributed by atoms with van der Waals surface area (Å²) in [6.07, 6.45) is 4.04. The van der Waals surface area contributed by atoms with E-state index in [0.29, 0.717) is 16.5 Å². The molecule has 2 rings (SSSR count). The number of benzene rings is 1. The lowest BCUT2D eigenvalue weighted by Crippen LogP contribution is -2.25. The summed E-state index contributed by atoms with van der Waals surface area (Å²) in [5, 5.41) is 12.5. The molecule has 0 spiro atoms. The Bertz CT molecular complexity index is 542. The SMILES string of the molecule is CCS(=O)(=O)c1ccccc1N[C@H]1CCC[C@H]1CCO. The van der Waals surface area contributed by atoms with Gasteiger partial charge >= 0.3 is 0 Å². The van der Waals surface area contributed by atoms with Gasteiger partial charge in [0.2, 0.25) is 0 Å². The van der Waals surface area contributed by atoms with Crippen LogP contribution in [0.2, 0.25) is 0 Å². The van der Waals surface area contributed by atoms with Crippen LogP contribution in [0.3, 0.4) is 0 Å². The van der Waals surface area contributed by atoms with Crippen molar-refractivity contribution in [1.29, 1.82) is 0 Å². The molecule has 1 aliphatic rings. The van der Waals surface area contributed by atoms with Gasteiger partial charge in [0.25, 0.3) is 0 Å². The Morgan fingerprint density at radius 1 is 1.30 bits per heavy atom. The summed E-state index contributed by atoms with van der Waals surface area (Å²) in [7, 11) is -3.21. The standard InChI is InChI=1S/C15H23NO3S/c1-2-20(18,19)15-9-4-3-7-14(15)16-13-8-5-6-12(13)10-11-17/h3-4,7,9,12-13,16-17H,2,5-6,8,10-11H2,1H3/t12-,13-/m0/s1. The van der Waals surface area contributed by atoms with Gasteiger partial charge in [0.05, 0.1) is 16.3 Å². The van der Waals surface area contributed by atoms with E-state index in [-0.39, 0.29) is 18.4 Å². The second kappa shape index (κ2) is 6.59. The summed E-state index contributed by atoms with van der Waals surface area (Å²) in [5.41, 5.74) is 0.698. The van der Waals surface area contributed by atoms with Crippen molar-refractivity contribution < 1.29 is 13.5 Å². The Balaban J connectivity index is 2.22. The first-order chi connectivity index (χ1) is 9.58. The lowest BCUT2D eigenvalue weighted by molar-refractivity contribution is 0.254. The van der Waals surface area contributed by atoms with E-state index in [9.17, 15) is 8.42 Å². The Morgan fingerprint density at radius 2 is 2.05 bits per heavy atom. The zero-order valence-electron chi connectivity index (χ0n) is 11.9. The fourth-order valence-electron chi connectivity index (χ4n) is 2.95. The second-order valence-electron chi connectivity index (χ2n) is 5.35. The number of anilines is 1. The van der Waals surface area contributed by atoms with Crippen LogP contribution in [0.5, 0.6) is 0 Å². The van der Waals surface area contributed by atoms with E-state index in [0.717, 1.165) is 25.7 Å². The molecule has 2 N–H and O–H groups in total. The molecule has 0 saturated heterocycles. The van der Waals surface area contributed by atoms with E-state index >= 15 is 0 Å². The van der Waals surface area contributed by atoms with Crippen LogP contribution in [0.4, 0.5) is 5.69 Å². The summed E-state index contributed by atoms with van der Waals surface area (Å²) >= 11 is 0. The molecule has 0 aromatic heterocycles. The molecule has 1 fully saturated rings. The Labute approximate surface area is 121 Å². The van der Waals surface area contributed by atoms with Gasteiger partial charge in [-0.3, -0.25) is 0 Å². The summed E-state index contributed by atoms with van der Waals surface area (Å²) in [4.78, 5) is 0.386. The van der Waals surface area contributed by atoms with Crippen LogP contribution in [-0.4, -0.2) is 31.9 Å². The van der Waals surface area contributed by atoms with Crippen molar-refractivity contribution in [3.8, 4) is 0 Å². The maximum Gasteiger partial charge on any atom is 0.180 e. The predicted octanol–water partition coefficient (Wildman–Crippen LogP) is 2.44. The zero-order chi connectivity index (χ0) is 14.6. The Kier molecular flexibility index (Phi) is 5.05. The number of aliphatic hydroxyl groups is 1. The molecule has 0 aliphatic heterocycles. The highest BCUT2D eigenvalue weighted by atomic mass is 32.2. The van der Waals surface area contributed by atoms with Gasteiger partial charge in [0.15, 0.2) is 9.84 Å². The number of hydrogen-bond acceptors (Lipinski definition) is 4. The summed E-state index contributed by atoms with van der Waals surface area (Å²) in [5.74, 6) is 0.536. The summed E-state index contributed by atoms with van der Waals surface area (Å²) in [6, 6.07) is 7.37. The van der Waals surface area contributed by atoms with Crippen molar-refractivity contribution in [2.45, 2.75) is 43.5 Å². The molecule has 1 aromatic carbocycles. The fourth-order valence-corrected chi connectivity index (χ4v) is 4.01. The van der Waals surface area contributed by atoms with E-state index < -0.39 is 9.84 Å². The third kappa shape index (κ3) is 3.33. The smallest absolute Gasteiger partial charge is 0.180 e. The van der Waals surface area contributed by atoms with Crippen molar-refractivity contribution in [2.75, 3.05) is 17.7 Å². The number of hydrogen-bond donors (Lipinski definition) is 2. The molecule has 0 radical (unpaired) electrons. The van der Waals surface area contributed by atoms with Gasteiger partial charge in [-0.2, -0.15) is 0 Å². The van der Waals surface area contributed by atoms with E-state index in [4.69, 9.17) is 5.11 Å². The third-order valence-corrected chi connectivity index (χ3v) is 5.89. The first-order valence-electron chi connectivity index (χ1n) is 7.27. The summed E-state index contributed by atoms with van der Waals surface area (Å²) in [6.45, 7) is 1.86. The number of para-hydroxylation sites is 1. The van der Waals surface area contributed by atoms with Crippen LogP contribution in [0.1, 0.15) is 32.6 Å². The van der Waals surface area contributed by atoms with E-state index in [1.54, 1.807) is 19.1 Å². The number of rotatable bonds is 6. The van der Waals surface area contributed by atoms with Gasteiger partial charge in [-0.1, -0.05) is 25.5 Å². The topological polar surface area (TPSA) is 66.4 Å². The number of nitrogens with one attached hydrogen (secondary N) is 1. The average molecular weight is 297 g/mol. The Hall–Kier alpha value is -1.07. The molecule has 112 valence electrons. The largest absolute Gasteiger partial charge is 0.396 e. The first-order valence-corrected chi connectivity index (χ1v) is 8.93. The molecule has 1 aliphatic carbocycles. The molecule has 5 heteroatoms. The predicted molar refractivity (Wildman–Crippen MR) is 80.6 cm³/mol. The van der Waals surface area contributed by atoms with Crippen LogP contribution < -0.4 is 5.32 Å². The quantitative estimate of drug-likeness (QED) is 0.846. The minimum absolute atomic E-state index is 0.108. The van der Waals surface area contributed by atoms with Crippen LogP contribution >= 0.6 is 0 Å². The van der Waals surface area contributed by atoms with E-state index in [2.05, 4.69) is 5.32 Å². The average Bonchev–Trinajstić information content (AvgIpc) is 2.87. The van der Waals surface area contributed by atoms with Gasteiger partial charge in [-0.15, -0.1) is 0 Å². The van der Waals surface area contributed by atoms with Gasteiger partial charge < -0.3 is 10.4 Å². The fraction of sp³-hybridized carbons (Fsp3) is 0.600. The van der Waals surface area contributed by atoms with Gasteiger partial charge in [-0.25, -0.2) is 8.42 Å². The molecule has 0 heterocycles. The highest BCUT2D eigenvalue weighted by molar-refractivity contribution is 7.91. The minimum atomic E-state index is -3.21. The van der Waals surface area contributed by atoms with Crippen molar-refractivity contribution in [3.63, 3.8) is 0 Å². The van der Waals surface area contributed by atoms with Gasteiger partial charge in [-0.05, 0) is 37.3 Å². The minimum Gasteiger partial charge on any atom is -0.396 e. The molecule has 0 bridgehead atoms. The first kappa shape index (κ1) is 15.3. The van der Waals surface area contributed by atoms with E-state index in [1.807, 2.05) is 12.1 Å². The van der Waals surface area contributed by atoms with E-state index in [1.165, 1.54) is 0 Å². The molecular weight excluding hydrogens is 274 g/mol. The summed E-state index contributed by atoms with van der Waals surface area (Å²) < 4.78 is 24.2. The number of aliphatic hydroxyl groups excluding tert-OH is 1. The highest BCUT2D eigenvalue weighted by Gasteiger charge is 2.28. The van der Waals surface area contributed by atoms with Gasteiger partial charge in [0.1, 0.15) is 0 Å². The van der Waals surface area contributed by atoms with Crippen LogP contribution in [0.15, 0.2) is 29.2 Å². The molecule has 20 heavy (non-hydrogen) atoms. The van der Waals surface area contributed by atoms with Crippen molar-refractivity contribution in [1.82, 2.24) is 0 Å². The zero-order valence-corrected chi connectivity index (χ0v) is 12.7. The number of sulfone groups is 1. The van der Waals surface area contributed by atoms with Gasteiger partial charge in [0, 0.05) is 12.6 Å². The maximum absolute atomic E-state index is 12.1.